The van der Waals surface area contributed by atoms with Gasteiger partial charge < -0.3 is 10.8 Å². The predicted molar refractivity (Wildman–Crippen MR) is 42.5 cm³/mol. The Morgan fingerprint density at radius 1 is 1.42 bits per heavy atom. The fourth-order valence-corrected chi connectivity index (χ4v) is 1.03. The van der Waals surface area contributed by atoms with Crippen molar-refractivity contribution in [2.75, 3.05) is 5.73 Å². The average Bonchev–Trinajstić information content (AvgIpc) is 2.33. The smallest absolute Gasteiger partial charge is 0.316 e. The Kier molecular flexibility index (Phi) is 1.18. The van der Waals surface area contributed by atoms with Crippen molar-refractivity contribution in [3.8, 4) is 6.01 Å². The van der Waals surface area contributed by atoms with Crippen LogP contribution in [0.4, 0.5) is 5.82 Å². The molecule has 0 unspecified atom stereocenters. The summed E-state index contributed by atoms with van der Waals surface area (Å²) in [6.45, 7) is 1.77. The van der Waals surface area contributed by atoms with E-state index in [-0.39, 0.29) is 11.8 Å². The second-order valence-corrected chi connectivity index (χ2v) is 2.44. The lowest BCUT2D eigenvalue weighted by Gasteiger charge is -1.94. The molecule has 2 aromatic rings. The Morgan fingerprint density at radius 2 is 2.17 bits per heavy atom. The number of rotatable bonds is 0. The highest BCUT2D eigenvalue weighted by atomic mass is 16.3. The van der Waals surface area contributed by atoms with Crippen LogP contribution in [0.25, 0.3) is 11.0 Å². The molecule has 0 aromatic carbocycles. The number of nitrogens with one attached hydrogen (secondary N) is 1. The number of nitrogens with two attached hydrogens (primary N) is 1. The lowest BCUT2D eigenvalue weighted by molar-refractivity contribution is 0.434. The molecule has 0 bridgehead atoms. The molecule has 6 heteroatoms. The highest BCUT2D eigenvalue weighted by Crippen LogP contribution is 2.19. The van der Waals surface area contributed by atoms with Gasteiger partial charge in [0, 0.05) is 0 Å². The van der Waals surface area contributed by atoms with E-state index in [9.17, 15) is 0 Å². The summed E-state index contributed by atoms with van der Waals surface area (Å²) in [5, 5.41) is 15.6. The minimum absolute atomic E-state index is 0.207. The molecule has 0 radical (unpaired) electrons. The monoisotopic (exact) mass is 165 g/mol. The van der Waals surface area contributed by atoms with Gasteiger partial charge in [0.15, 0.2) is 5.82 Å². The van der Waals surface area contributed by atoms with E-state index >= 15 is 0 Å². The number of nitrogens with zero attached hydrogens (tertiary/aromatic N) is 3. The highest BCUT2D eigenvalue weighted by molar-refractivity contribution is 5.85. The van der Waals surface area contributed by atoms with Gasteiger partial charge >= 0.3 is 6.01 Å². The number of hydrogen-bond acceptors (Lipinski definition) is 5. The van der Waals surface area contributed by atoms with Gasteiger partial charge in [0.05, 0.1) is 5.69 Å². The molecule has 0 saturated heterocycles. The molecule has 62 valence electrons. The van der Waals surface area contributed by atoms with E-state index < -0.39 is 0 Å². The van der Waals surface area contributed by atoms with Gasteiger partial charge in [-0.1, -0.05) is 0 Å². The molecule has 0 spiro atoms. The number of aryl methyl sites for hydroxylation is 1. The molecule has 0 aliphatic rings. The van der Waals surface area contributed by atoms with Crippen LogP contribution in [0.2, 0.25) is 0 Å². The number of aromatic nitrogens is 4. The summed E-state index contributed by atoms with van der Waals surface area (Å²) < 4.78 is 0. The Balaban J connectivity index is 2.92. The molecule has 2 aromatic heterocycles. The first-order chi connectivity index (χ1) is 5.68. The summed E-state index contributed by atoms with van der Waals surface area (Å²) in [5.41, 5.74) is 7.29. The molecule has 0 amide bonds. The summed E-state index contributed by atoms with van der Waals surface area (Å²) in [6.07, 6.45) is 0. The highest BCUT2D eigenvalue weighted by Gasteiger charge is 2.08. The van der Waals surface area contributed by atoms with Crippen LogP contribution >= 0.6 is 0 Å². The maximum Gasteiger partial charge on any atom is 0.316 e. The maximum atomic E-state index is 9.01. The zero-order valence-corrected chi connectivity index (χ0v) is 6.37. The van der Waals surface area contributed by atoms with Crippen LogP contribution < -0.4 is 5.73 Å². The summed E-state index contributed by atoms with van der Waals surface area (Å²) in [7, 11) is 0. The third kappa shape index (κ3) is 0.777. The van der Waals surface area contributed by atoms with Gasteiger partial charge in [-0.05, 0) is 6.92 Å². The third-order valence-electron chi connectivity index (χ3n) is 1.60. The molecule has 6 nitrogen and oxygen atoms in total. The Morgan fingerprint density at radius 3 is 2.92 bits per heavy atom. The normalized spacial score (nSPS) is 10.8. The number of aromatic amines is 1. The maximum absolute atomic E-state index is 9.01. The third-order valence-corrected chi connectivity index (χ3v) is 1.60. The number of H-pyrrole nitrogens is 1. The van der Waals surface area contributed by atoms with Crippen molar-refractivity contribution < 1.29 is 5.11 Å². The first-order valence-electron chi connectivity index (χ1n) is 3.35. The lowest BCUT2D eigenvalue weighted by atomic mass is 10.3. The molecule has 0 saturated carbocycles. The predicted octanol–water partition coefficient (Wildman–Crippen LogP) is -0.0509. The number of fused-ring (bicyclic) bond motifs is 1. The van der Waals surface area contributed by atoms with Crippen molar-refractivity contribution >= 4 is 16.9 Å². The van der Waals surface area contributed by atoms with Crippen LogP contribution in [0.3, 0.4) is 0 Å². The van der Waals surface area contributed by atoms with Crippen molar-refractivity contribution in [1.29, 1.82) is 0 Å². The van der Waals surface area contributed by atoms with Gasteiger partial charge in [-0.3, -0.25) is 5.10 Å². The number of anilines is 1. The van der Waals surface area contributed by atoms with E-state index in [0.717, 1.165) is 0 Å². The minimum Gasteiger partial charge on any atom is -0.479 e. The molecule has 0 atom stereocenters. The Labute approximate surface area is 67.4 Å². The number of aromatic hydroxyl groups is 1. The van der Waals surface area contributed by atoms with E-state index in [1.54, 1.807) is 6.92 Å². The van der Waals surface area contributed by atoms with Crippen molar-refractivity contribution in [2.24, 2.45) is 0 Å². The minimum atomic E-state index is -0.329. The molecule has 0 aliphatic heterocycles. The summed E-state index contributed by atoms with van der Waals surface area (Å²) in [5.74, 6) is 0.207. The van der Waals surface area contributed by atoms with Crippen molar-refractivity contribution in [2.45, 2.75) is 6.92 Å². The second kappa shape index (κ2) is 2.07. The number of hydrogen-bond donors (Lipinski definition) is 3. The van der Waals surface area contributed by atoms with Crippen LogP contribution in [0, 0.1) is 6.92 Å². The zero-order chi connectivity index (χ0) is 8.72. The molecule has 2 rings (SSSR count). The van der Waals surface area contributed by atoms with Crippen LogP contribution in [0.5, 0.6) is 6.01 Å². The molecule has 4 N–H and O–H groups in total. The van der Waals surface area contributed by atoms with Crippen LogP contribution in [-0.2, 0) is 0 Å². The molecular formula is C6H7N5O. The summed E-state index contributed by atoms with van der Waals surface area (Å²) in [4.78, 5) is 7.33. The van der Waals surface area contributed by atoms with Gasteiger partial charge in [0.25, 0.3) is 0 Å². The zero-order valence-electron chi connectivity index (χ0n) is 6.37. The van der Waals surface area contributed by atoms with Gasteiger partial charge in [0.2, 0.25) is 0 Å². The Hall–Kier alpha value is -1.85. The van der Waals surface area contributed by atoms with Gasteiger partial charge in [0.1, 0.15) is 11.0 Å². The quantitative estimate of drug-likeness (QED) is 0.508. The average molecular weight is 165 g/mol. The van der Waals surface area contributed by atoms with Crippen molar-refractivity contribution in [3.05, 3.63) is 5.69 Å². The Bertz CT molecular complexity index is 435. The van der Waals surface area contributed by atoms with Crippen LogP contribution in [0.1, 0.15) is 5.69 Å². The van der Waals surface area contributed by atoms with Crippen LogP contribution in [-0.4, -0.2) is 25.3 Å². The molecule has 12 heavy (non-hydrogen) atoms. The second-order valence-electron chi connectivity index (χ2n) is 2.44. The molecule has 0 fully saturated rings. The fourth-order valence-electron chi connectivity index (χ4n) is 1.03. The van der Waals surface area contributed by atoms with Crippen LogP contribution in [0.15, 0.2) is 0 Å². The van der Waals surface area contributed by atoms with E-state index in [0.29, 0.717) is 16.7 Å². The number of nitrogen functional groups attached to an aromatic ring is 1. The SMILES string of the molecule is Cc1n[nH]c2c(N)nc(O)nc12. The van der Waals surface area contributed by atoms with Gasteiger partial charge in [-0.2, -0.15) is 15.1 Å². The summed E-state index contributed by atoms with van der Waals surface area (Å²) in [6, 6.07) is -0.329. The largest absolute Gasteiger partial charge is 0.479 e. The van der Waals surface area contributed by atoms with E-state index in [2.05, 4.69) is 20.2 Å². The van der Waals surface area contributed by atoms with E-state index in [1.165, 1.54) is 0 Å². The summed E-state index contributed by atoms with van der Waals surface area (Å²) >= 11 is 0. The topological polar surface area (TPSA) is 101 Å². The lowest BCUT2D eigenvalue weighted by Crippen LogP contribution is -1.93. The first-order valence-corrected chi connectivity index (χ1v) is 3.35. The standard InChI is InChI=1S/C6H7N5O/c1-2-3-4(11-10-2)5(7)9-6(12)8-3/h1H3,(H,10,11)(H3,7,8,9,12). The molecular weight excluding hydrogens is 158 g/mol. The first kappa shape index (κ1) is 6.84. The van der Waals surface area contributed by atoms with Crippen molar-refractivity contribution in [3.63, 3.8) is 0 Å². The van der Waals surface area contributed by atoms with Gasteiger partial charge in [-0.15, -0.1) is 0 Å². The fraction of sp³-hybridized carbons (Fsp3) is 0.167. The molecule has 2 heterocycles. The van der Waals surface area contributed by atoms with Gasteiger partial charge in [-0.25, -0.2) is 0 Å². The van der Waals surface area contributed by atoms with Crippen molar-refractivity contribution in [1.82, 2.24) is 20.2 Å². The molecule has 0 aliphatic carbocycles. The van der Waals surface area contributed by atoms with E-state index in [1.807, 2.05) is 0 Å². The van der Waals surface area contributed by atoms with E-state index in [4.69, 9.17) is 10.8 Å².